The molecule has 2 aliphatic carbocycles. The summed E-state index contributed by atoms with van der Waals surface area (Å²) in [6.07, 6.45) is 3.78. The van der Waals surface area contributed by atoms with Gasteiger partial charge in [-0.2, -0.15) is 0 Å². The number of alkyl halides is 2. The van der Waals surface area contributed by atoms with E-state index >= 15 is 0 Å². The molecule has 0 radical (unpaired) electrons. The van der Waals surface area contributed by atoms with Gasteiger partial charge in [-0.25, -0.2) is 0 Å². The van der Waals surface area contributed by atoms with Crippen molar-refractivity contribution in [3.63, 3.8) is 0 Å². The minimum atomic E-state index is -0.775. The van der Waals surface area contributed by atoms with Gasteiger partial charge in [0.25, 0.3) is 6.23 Å². The van der Waals surface area contributed by atoms with Gasteiger partial charge in [0.1, 0.15) is 11.7 Å². The lowest BCUT2D eigenvalue weighted by molar-refractivity contribution is -0.154. The number of nitrogens with zero attached hydrogens (tertiary/aromatic N) is 3. The fourth-order valence-electron chi connectivity index (χ4n) is 1.99. The molecular formula is C13H18Br2N4O3S. The molecule has 1 N–H and O–H groups in total. The van der Waals surface area contributed by atoms with Gasteiger partial charge in [-0.1, -0.05) is 37.0 Å². The Balaban J connectivity index is 0.000000341. The van der Waals surface area contributed by atoms with Crippen LogP contribution in [0, 0.1) is 11.1 Å². The zero-order valence-corrected chi connectivity index (χ0v) is 16.4. The summed E-state index contributed by atoms with van der Waals surface area (Å²) < 4.78 is 4.56. The quantitative estimate of drug-likeness (QED) is 0.315. The van der Waals surface area contributed by atoms with Crippen molar-refractivity contribution in [2.24, 2.45) is 5.92 Å². The van der Waals surface area contributed by atoms with Crippen LogP contribution in [0.1, 0.15) is 30.7 Å². The first-order valence-corrected chi connectivity index (χ1v) is 10.4. The maximum absolute atomic E-state index is 12.8. The first kappa shape index (κ1) is 17.7. The standard InChI is InChI=1S/C10H13BrN4O3S.C3H5Br/c11-3-7-13-14-10(19-7)15(17)5-12-4-8(15)18-9(16)6-1-2-6;4-3-1-2-3/h6,8,12H,1-5H2;3H,1-2H2. The number of hydrogen-bond donors (Lipinski definition) is 1. The first-order valence-electron chi connectivity index (χ1n) is 7.56. The normalized spacial score (nSPS) is 29.8. The largest absolute Gasteiger partial charge is 0.622 e. The molecule has 0 spiro atoms. The number of carbonyl (C=O) groups is 1. The molecule has 1 aromatic heterocycles. The smallest absolute Gasteiger partial charge is 0.313 e. The minimum absolute atomic E-state index is 0.0124. The predicted molar refractivity (Wildman–Crippen MR) is 95.1 cm³/mol. The fraction of sp³-hybridized carbons (Fsp3) is 0.769. The molecule has 1 aliphatic heterocycles. The van der Waals surface area contributed by atoms with Crippen molar-refractivity contribution in [1.29, 1.82) is 0 Å². The summed E-state index contributed by atoms with van der Waals surface area (Å²) in [5, 5.41) is 25.3. The van der Waals surface area contributed by atoms with E-state index in [1.165, 1.54) is 24.2 Å². The average molecular weight is 470 g/mol. The molecule has 2 atom stereocenters. The second-order valence-corrected chi connectivity index (χ2v) is 8.76. The van der Waals surface area contributed by atoms with Gasteiger partial charge in [-0.15, -0.1) is 5.10 Å². The van der Waals surface area contributed by atoms with Gasteiger partial charge in [0.05, 0.1) is 17.8 Å². The maximum atomic E-state index is 12.8. The van der Waals surface area contributed by atoms with E-state index in [4.69, 9.17) is 4.74 Å². The second-order valence-electron chi connectivity index (χ2n) is 5.86. The lowest BCUT2D eigenvalue weighted by atomic mass is 10.4. The highest BCUT2D eigenvalue weighted by Gasteiger charge is 2.44. The van der Waals surface area contributed by atoms with Crippen molar-refractivity contribution in [3.05, 3.63) is 10.2 Å². The molecule has 10 heteroatoms. The highest BCUT2D eigenvalue weighted by atomic mass is 79.9. The Labute approximate surface area is 155 Å². The van der Waals surface area contributed by atoms with Crippen LogP contribution in [0.15, 0.2) is 0 Å². The van der Waals surface area contributed by atoms with Gasteiger partial charge < -0.3 is 9.94 Å². The number of rotatable bonds is 4. The van der Waals surface area contributed by atoms with E-state index in [-0.39, 0.29) is 18.6 Å². The lowest BCUT2D eigenvalue weighted by Crippen LogP contribution is -2.51. The van der Waals surface area contributed by atoms with Gasteiger partial charge in [0, 0.05) is 4.83 Å². The molecule has 3 fully saturated rings. The molecule has 4 rings (SSSR count). The zero-order valence-electron chi connectivity index (χ0n) is 12.4. The minimum Gasteiger partial charge on any atom is -0.622 e. The number of esters is 1. The third-order valence-electron chi connectivity index (χ3n) is 3.69. The Bertz CT molecular complexity index is 567. The number of aromatic nitrogens is 2. The van der Waals surface area contributed by atoms with E-state index in [2.05, 4.69) is 47.4 Å². The van der Waals surface area contributed by atoms with Crippen molar-refractivity contribution in [2.45, 2.75) is 42.1 Å². The van der Waals surface area contributed by atoms with Crippen molar-refractivity contribution in [1.82, 2.24) is 20.2 Å². The molecule has 2 heterocycles. The Hall–Kier alpha value is -0.130. The molecule has 3 aliphatic rings. The molecule has 23 heavy (non-hydrogen) atoms. The van der Waals surface area contributed by atoms with Crippen LogP contribution < -0.4 is 9.96 Å². The van der Waals surface area contributed by atoms with Crippen LogP contribution in [-0.4, -0.2) is 40.4 Å². The zero-order chi connectivity index (χ0) is 16.4. The van der Waals surface area contributed by atoms with Crippen LogP contribution in [0.5, 0.6) is 0 Å². The van der Waals surface area contributed by atoms with E-state index in [0.29, 0.717) is 17.0 Å². The van der Waals surface area contributed by atoms with Crippen LogP contribution in [0.2, 0.25) is 0 Å². The summed E-state index contributed by atoms with van der Waals surface area (Å²) >= 11 is 7.90. The number of hydroxylamine groups is 2. The summed E-state index contributed by atoms with van der Waals surface area (Å²) in [6.45, 7) is 0.505. The van der Waals surface area contributed by atoms with Crippen molar-refractivity contribution >= 4 is 54.3 Å². The van der Waals surface area contributed by atoms with E-state index in [1.807, 2.05) is 0 Å². The average Bonchev–Trinajstić information content (AvgIpc) is 3.45. The van der Waals surface area contributed by atoms with Crippen LogP contribution in [-0.2, 0) is 14.9 Å². The van der Waals surface area contributed by atoms with Crippen molar-refractivity contribution in [2.75, 3.05) is 13.2 Å². The van der Waals surface area contributed by atoms with Crippen LogP contribution >= 0.6 is 43.2 Å². The molecule has 2 unspecified atom stereocenters. The SMILES string of the molecule is BrC1CC1.O=C(OC1CNC[N+]1([O-])c1nnc(CBr)s1)C1CC1. The number of nitrogens with one attached hydrogen (secondary N) is 1. The van der Waals surface area contributed by atoms with Crippen LogP contribution in [0.25, 0.3) is 0 Å². The van der Waals surface area contributed by atoms with Crippen LogP contribution in [0.3, 0.4) is 0 Å². The highest BCUT2D eigenvalue weighted by Crippen LogP contribution is 2.35. The van der Waals surface area contributed by atoms with Gasteiger partial charge in [0.2, 0.25) is 0 Å². The third kappa shape index (κ3) is 4.49. The molecular weight excluding hydrogens is 452 g/mol. The molecule has 1 saturated heterocycles. The summed E-state index contributed by atoms with van der Waals surface area (Å²) in [4.78, 5) is 12.6. The van der Waals surface area contributed by atoms with E-state index in [1.54, 1.807) is 0 Å². The Morgan fingerprint density at radius 1 is 1.39 bits per heavy atom. The highest BCUT2D eigenvalue weighted by molar-refractivity contribution is 9.09. The number of ether oxygens (including phenoxy) is 1. The van der Waals surface area contributed by atoms with E-state index in [9.17, 15) is 10.0 Å². The van der Waals surface area contributed by atoms with E-state index in [0.717, 1.165) is 22.7 Å². The van der Waals surface area contributed by atoms with Crippen LogP contribution in [0.4, 0.5) is 5.13 Å². The second kappa shape index (κ2) is 7.40. The molecule has 7 nitrogen and oxygen atoms in total. The van der Waals surface area contributed by atoms with Gasteiger partial charge in [0.15, 0.2) is 0 Å². The fourth-order valence-corrected chi connectivity index (χ4v) is 3.47. The molecule has 1 aromatic rings. The Kier molecular flexibility index (Phi) is 5.69. The Morgan fingerprint density at radius 2 is 2.09 bits per heavy atom. The number of quaternary nitrogens is 1. The summed E-state index contributed by atoms with van der Waals surface area (Å²) in [5.74, 6) is -0.279. The van der Waals surface area contributed by atoms with Crippen molar-refractivity contribution < 1.29 is 9.53 Å². The topological polar surface area (TPSA) is 87.2 Å². The summed E-state index contributed by atoms with van der Waals surface area (Å²) in [7, 11) is 0. The number of hydrogen-bond acceptors (Lipinski definition) is 7. The van der Waals surface area contributed by atoms with Gasteiger partial charge in [-0.3, -0.25) is 14.8 Å². The van der Waals surface area contributed by atoms with Gasteiger partial charge >= 0.3 is 11.1 Å². The number of carbonyl (C=O) groups excluding carboxylic acids is 1. The molecule has 2 saturated carbocycles. The van der Waals surface area contributed by atoms with E-state index < -0.39 is 10.9 Å². The van der Waals surface area contributed by atoms with Gasteiger partial charge in [-0.05, 0) is 37.0 Å². The summed E-state index contributed by atoms with van der Waals surface area (Å²) in [6, 6.07) is 0. The first-order chi connectivity index (χ1) is 11.0. The number of halogens is 2. The van der Waals surface area contributed by atoms with Crippen molar-refractivity contribution in [3.8, 4) is 0 Å². The predicted octanol–water partition coefficient (Wildman–Crippen LogP) is 2.62. The maximum Gasteiger partial charge on any atom is 0.313 e. The Morgan fingerprint density at radius 3 is 2.61 bits per heavy atom. The molecule has 0 bridgehead atoms. The monoisotopic (exact) mass is 468 g/mol. The summed E-state index contributed by atoms with van der Waals surface area (Å²) in [5.41, 5.74) is 0. The molecule has 128 valence electrons. The lowest BCUT2D eigenvalue weighted by Gasteiger charge is -2.37. The molecule has 0 aromatic carbocycles. The third-order valence-corrected chi connectivity index (χ3v) is 6.55. The molecule has 0 amide bonds.